The van der Waals surface area contributed by atoms with Crippen molar-refractivity contribution in [1.29, 1.82) is 0 Å². The molecule has 8 nitrogen and oxygen atoms in total. The number of thiazole rings is 1. The van der Waals surface area contributed by atoms with Crippen molar-refractivity contribution >= 4 is 23.1 Å². The average molecular weight is 371 g/mol. The number of rotatable bonds is 6. The first kappa shape index (κ1) is 18.0. The highest BCUT2D eigenvalue weighted by Gasteiger charge is 2.13. The molecule has 0 spiro atoms. The van der Waals surface area contributed by atoms with Crippen molar-refractivity contribution in [3.8, 4) is 5.82 Å². The van der Waals surface area contributed by atoms with Crippen molar-refractivity contribution in [2.24, 2.45) is 0 Å². The van der Waals surface area contributed by atoms with Gasteiger partial charge in [-0.3, -0.25) is 9.36 Å². The largest absolute Gasteiger partial charge is 0.368 e. The van der Waals surface area contributed by atoms with Crippen LogP contribution in [0.15, 0.2) is 18.5 Å². The fourth-order valence-electron chi connectivity index (χ4n) is 2.57. The average Bonchev–Trinajstić information content (AvgIpc) is 3.16. The van der Waals surface area contributed by atoms with E-state index >= 15 is 0 Å². The van der Waals surface area contributed by atoms with Crippen LogP contribution in [-0.2, 0) is 0 Å². The molecule has 3 aromatic rings. The number of aromatic nitrogens is 5. The smallest absolute Gasteiger partial charge is 0.263 e. The molecule has 9 heteroatoms. The van der Waals surface area contributed by atoms with Crippen molar-refractivity contribution in [3.63, 3.8) is 0 Å². The van der Waals surface area contributed by atoms with Gasteiger partial charge in [0.25, 0.3) is 5.91 Å². The molecule has 0 atom stereocenters. The number of anilines is 1. The summed E-state index contributed by atoms with van der Waals surface area (Å²) in [7, 11) is 0. The Hall–Kier alpha value is -2.81. The Kier molecular flexibility index (Phi) is 5.27. The zero-order valence-electron chi connectivity index (χ0n) is 15.2. The summed E-state index contributed by atoms with van der Waals surface area (Å²) in [6.45, 7) is 8.55. The summed E-state index contributed by atoms with van der Waals surface area (Å²) >= 11 is 1.41. The predicted molar refractivity (Wildman–Crippen MR) is 101 cm³/mol. The van der Waals surface area contributed by atoms with E-state index < -0.39 is 0 Å². The van der Waals surface area contributed by atoms with Gasteiger partial charge in [-0.15, -0.1) is 11.3 Å². The van der Waals surface area contributed by atoms with Crippen LogP contribution in [-0.4, -0.2) is 43.5 Å². The minimum absolute atomic E-state index is 0.0940. The summed E-state index contributed by atoms with van der Waals surface area (Å²) in [6, 6.07) is 1.86. The van der Waals surface area contributed by atoms with Crippen molar-refractivity contribution < 1.29 is 4.79 Å². The van der Waals surface area contributed by atoms with E-state index in [4.69, 9.17) is 0 Å². The number of nitrogens with one attached hydrogen (secondary N) is 2. The second-order valence-corrected chi connectivity index (χ2v) is 7.04. The molecule has 0 aliphatic carbocycles. The molecule has 1 amide bonds. The third-order valence-corrected chi connectivity index (χ3v) is 4.80. The number of carbonyl (C=O) groups is 1. The van der Waals surface area contributed by atoms with Crippen LogP contribution in [0.2, 0.25) is 0 Å². The number of imidazole rings is 1. The Labute approximate surface area is 155 Å². The Bertz CT molecular complexity index is 931. The molecule has 26 heavy (non-hydrogen) atoms. The topological polar surface area (TPSA) is 97.6 Å². The second-order valence-electron chi connectivity index (χ2n) is 5.83. The van der Waals surface area contributed by atoms with Gasteiger partial charge < -0.3 is 10.6 Å². The van der Waals surface area contributed by atoms with E-state index in [1.165, 1.54) is 11.3 Å². The molecule has 0 aliphatic rings. The van der Waals surface area contributed by atoms with Crippen LogP contribution in [0.3, 0.4) is 0 Å². The molecule has 136 valence electrons. The number of amides is 1. The van der Waals surface area contributed by atoms with E-state index in [1.54, 1.807) is 6.20 Å². The van der Waals surface area contributed by atoms with Crippen molar-refractivity contribution in [2.75, 3.05) is 18.4 Å². The number of nitrogens with zero attached hydrogens (tertiary/aromatic N) is 5. The number of hydrogen-bond donors (Lipinski definition) is 2. The molecule has 0 bridgehead atoms. The highest BCUT2D eigenvalue weighted by atomic mass is 32.1. The summed E-state index contributed by atoms with van der Waals surface area (Å²) in [5.41, 5.74) is 0.768. The molecule has 0 aromatic carbocycles. The van der Waals surface area contributed by atoms with E-state index in [-0.39, 0.29) is 5.91 Å². The standard InChI is InChI=1S/C17H21N7OS/c1-10-16(26-13(4)21-10)17(25)20-6-5-19-14-9-15(23-11(2)22-14)24-8-7-18-12(24)3/h7-9H,5-6H2,1-4H3,(H,20,25)(H,19,22,23). The highest BCUT2D eigenvalue weighted by molar-refractivity contribution is 7.13. The molecule has 0 saturated heterocycles. The Balaban J connectivity index is 1.58. The Morgan fingerprint density at radius 2 is 1.96 bits per heavy atom. The van der Waals surface area contributed by atoms with Gasteiger partial charge in [-0.25, -0.2) is 19.9 Å². The minimum Gasteiger partial charge on any atom is -0.368 e. The SMILES string of the molecule is Cc1nc(NCCNC(=O)c2sc(C)nc2C)cc(-n2ccnc2C)n1. The molecule has 3 rings (SSSR count). The molecule has 0 fully saturated rings. The van der Waals surface area contributed by atoms with E-state index in [0.29, 0.717) is 29.6 Å². The fourth-order valence-corrected chi connectivity index (χ4v) is 3.41. The summed E-state index contributed by atoms with van der Waals surface area (Å²) in [5, 5.41) is 7.01. The van der Waals surface area contributed by atoms with Gasteiger partial charge in [0.1, 0.15) is 28.2 Å². The second kappa shape index (κ2) is 7.61. The van der Waals surface area contributed by atoms with Gasteiger partial charge in [-0.1, -0.05) is 0 Å². The summed E-state index contributed by atoms with van der Waals surface area (Å²) < 4.78 is 1.90. The zero-order valence-corrected chi connectivity index (χ0v) is 16.0. The van der Waals surface area contributed by atoms with Crippen molar-refractivity contribution in [1.82, 2.24) is 29.8 Å². The summed E-state index contributed by atoms with van der Waals surface area (Å²) in [6.07, 6.45) is 3.60. The lowest BCUT2D eigenvalue weighted by Gasteiger charge is -2.10. The van der Waals surface area contributed by atoms with Crippen LogP contribution in [0, 0.1) is 27.7 Å². The molecular formula is C17H21N7OS. The van der Waals surface area contributed by atoms with Crippen LogP contribution in [0.5, 0.6) is 0 Å². The molecule has 0 radical (unpaired) electrons. The normalized spacial score (nSPS) is 10.8. The minimum atomic E-state index is -0.0940. The van der Waals surface area contributed by atoms with Crippen LogP contribution >= 0.6 is 11.3 Å². The summed E-state index contributed by atoms with van der Waals surface area (Å²) in [5.74, 6) is 2.90. The van der Waals surface area contributed by atoms with Crippen LogP contribution in [0.4, 0.5) is 5.82 Å². The monoisotopic (exact) mass is 371 g/mol. The van der Waals surface area contributed by atoms with Crippen molar-refractivity contribution in [3.05, 3.63) is 45.7 Å². The molecule has 3 heterocycles. The van der Waals surface area contributed by atoms with Gasteiger partial charge in [-0.2, -0.15) is 0 Å². The number of hydrogen-bond acceptors (Lipinski definition) is 7. The highest BCUT2D eigenvalue weighted by Crippen LogP contribution is 2.16. The number of aryl methyl sites for hydroxylation is 4. The summed E-state index contributed by atoms with van der Waals surface area (Å²) in [4.78, 5) is 30.2. The molecule has 0 saturated carbocycles. The first-order valence-electron chi connectivity index (χ1n) is 8.26. The van der Waals surface area contributed by atoms with Gasteiger partial charge in [0.15, 0.2) is 0 Å². The molecule has 3 aromatic heterocycles. The van der Waals surface area contributed by atoms with Gasteiger partial charge in [0.2, 0.25) is 0 Å². The maximum absolute atomic E-state index is 12.2. The molecule has 0 unspecified atom stereocenters. The van der Waals surface area contributed by atoms with Crippen molar-refractivity contribution in [2.45, 2.75) is 27.7 Å². The maximum atomic E-state index is 12.2. The van der Waals surface area contributed by atoms with Crippen LogP contribution in [0.1, 0.15) is 32.0 Å². The lowest BCUT2D eigenvalue weighted by Crippen LogP contribution is -2.28. The Morgan fingerprint density at radius 1 is 1.15 bits per heavy atom. The number of carbonyl (C=O) groups excluding carboxylic acids is 1. The first-order chi connectivity index (χ1) is 12.4. The molecular weight excluding hydrogens is 350 g/mol. The zero-order chi connectivity index (χ0) is 18.7. The third-order valence-electron chi connectivity index (χ3n) is 3.72. The van der Waals surface area contributed by atoms with E-state index in [2.05, 4.69) is 30.6 Å². The quantitative estimate of drug-likeness (QED) is 0.645. The Morgan fingerprint density at radius 3 is 2.62 bits per heavy atom. The molecule has 2 N–H and O–H groups in total. The van der Waals surface area contributed by atoms with Gasteiger partial charge in [0, 0.05) is 31.5 Å². The first-order valence-corrected chi connectivity index (χ1v) is 9.08. The predicted octanol–water partition coefficient (Wildman–Crippen LogP) is 2.19. The van der Waals surface area contributed by atoms with Gasteiger partial charge in [0.05, 0.1) is 10.7 Å². The molecule has 0 aliphatic heterocycles. The third kappa shape index (κ3) is 4.05. The van der Waals surface area contributed by atoms with Crippen LogP contribution < -0.4 is 10.6 Å². The van der Waals surface area contributed by atoms with E-state index in [9.17, 15) is 4.79 Å². The lowest BCUT2D eigenvalue weighted by atomic mass is 10.3. The maximum Gasteiger partial charge on any atom is 0.263 e. The fraction of sp³-hybridized carbons (Fsp3) is 0.353. The van der Waals surface area contributed by atoms with Gasteiger partial charge >= 0.3 is 0 Å². The lowest BCUT2D eigenvalue weighted by molar-refractivity contribution is 0.0958. The van der Waals surface area contributed by atoms with E-state index in [1.807, 2.05) is 44.5 Å². The van der Waals surface area contributed by atoms with E-state index in [0.717, 1.165) is 22.3 Å². The van der Waals surface area contributed by atoms with Crippen LogP contribution in [0.25, 0.3) is 5.82 Å². The van der Waals surface area contributed by atoms with Gasteiger partial charge in [-0.05, 0) is 27.7 Å².